The largest absolute Gasteiger partial charge is 0.490 e. The monoisotopic (exact) mass is 783 g/mol. The quantitative estimate of drug-likeness (QED) is 0.132. The van der Waals surface area contributed by atoms with Crippen LogP contribution in [0, 0.1) is 0 Å². The summed E-state index contributed by atoms with van der Waals surface area (Å²) in [5.41, 5.74) is 4.31. The molecule has 7 atom stereocenters. The molecule has 0 spiro atoms. The van der Waals surface area contributed by atoms with Crippen LogP contribution in [0.5, 0.6) is 0 Å². The van der Waals surface area contributed by atoms with E-state index < -0.39 is 77.8 Å². The zero-order valence-electron chi connectivity index (χ0n) is 23.1. The van der Waals surface area contributed by atoms with Gasteiger partial charge in [-0.25, -0.2) is 23.3 Å². The average Bonchev–Trinajstić information content (AvgIpc) is 3.54. The Balaban J connectivity index is 0.000000266. The highest BCUT2D eigenvalue weighted by Crippen LogP contribution is 2.66. The van der Waals surface area contributed by atoms with Gasteiger partial charge in [0.05, 0.1) is 25.4 Å². The number of nitrogens with zero attached hydrogens (tertiary/aromatic N) is 3. The number of hydrogen-bond donors (Lipinski definition) is 8. The van der Waals surface area contributed by atoms with Gasteiger partial charge in [0.1, 0.15) is 24.4 Å². The predicted molar refractivity (Wildman–Crippen MR) is 157 cm³/mol. The third-order valence-electron chi connectivity index (χ3n) is 6.03. The number of nitrogens with one attached hydrogen (secondary N) is 1. The summed E-state index contributed by atoms with van der Waals surface area (Å²) in [5, 5.41) is 18.7. The van der Waals surface area contributed by atoms with Gasteiger partial charge in [0.2, 0.25) is 0 Å². The molecule has 0 saturated carbocycles. The Hall–Kier alpha value is -2.17. The molecule has 26 heteroatoms. The van der Waals surface area contributed by atoms with Crippen LogP contribution in [-0.2, 0) is 36.3 Å². The molecule has 4 heterocycles. The number of anilines is 1. The molecule has 0 aromatic carbocycles. The van der Waals surface area contributed by atoms with Crippen LogP contribution < -0.4 is 22.7 Å². The Bertz CT molecular complexity index is 1730. The fourth-order valence-corrected chi connectivity index (χ4v) is 7.43. The van der Waals surface area contributed by atoms with Crippen molar-refractivity contribution in [3.05, 3.63) is 60.3 Å². The lowest BCUT2D eigenvalue weighted by Gasteiger charge is -2.18. The van der Waals surface area contributed by atoms with Crippen molar-refractivity contribution in [2.24, 2.45) is 0 Å². The number of aromatic amines is 1. The van der Waals surface area contributed by atoms with E-state index in [1.54, 1.807) is 11.1 Å². The van der Waals surface area contributed by atoms with E-state index in [-0.39, 0.29) is 31.7 Å². The van der Waals surface area contributed by atoms with Crippen molar-refractivity contribution in [1.29, 1.82) is 0 Å². The third kappa shape index (κ3) is 11.2. The molecule has 46 heavy (non-hydrogen) atoms. The van der Waals surface area contributed by atoms with Gasteiger partial charge in [-0.15, -0.1) is 0 Å². The van der Waals surface area contributed by atoms with Crippen LogP contribution in [0.2, 0.25) is 0 Å². The van der Waals surface area contributed by atoms with Crippen LogP contribution in [0.1, 0.15) is 37.3 Å². The Morgan fingerprint density at radius 2 is 1.76 bits per heavy atom. The first-order valence-electron chi connectivity index (χ1n) is 12.7. The molecule has 2 aromatic rings. The molecule has 0 radical (unpaired) electrons. The van der Waals surface area contributed by atoms with Crippen molar-refractivity contribution in [1.82, 2.24) is 19.1 Å². The van der Waals surface area contributed by atoms with Crippen LogP contribution in [0.15, 0.2) is 37.8 Å². The highest BCUT2D eigenvalue weighted by molar-refractivity contribution is 9.11. The fraction of sp³-hybridized carbons (Fsp3) is 0.500. The number of halogens is 1. The van der Waals surface area contributed by atoms with Crippen LogP contribution in [-0.4, -0.2) is 80.4 Å². The molecule has 22 nitrogen and oxygen atoms in total. The van der Waals surface area contributed by atoms with Gasteiger partial charge in [-0.1, -0.05) is 15.9 Å². The SMILES string of the molecule is Nc1nc(=O)n([C@H]2C[C@H](O)[C@@H](CO)O2)cc1/C=C/Br.O=c1ccn([C@H]2CC[C@@H](COP(=O)(O)OP(=O)(O)OP(=O)(O)O)O2)c(=O)[nH]1. The van der Waals surface area contributed by atoms with Gasteiger partial charge in [-0.2, -0.15) is 13.6 Å². The highest BCUT2D eigenvalue weighted by atomic mass is 79.9. The second-order valence-corrected chi connectivity index (χ2v) is 14.3. The number of aromatic nitrogens is 4. The summed E-state index contributed by atoms with van der Waals surface area (Å²) < 4.78 is 58.1. The summed E-state index contributed by atoms with van der Waals surface area (Å²) in [4.78, 5) is 77.1. The van der Waals surface area contributed by atoms with Gasteiger partial charge < -0.3 is 45.0 Å². The third-order valence-corrected chi connectivity index (χ3v) is 10.1. The first-order valence-corrected chi connectivity index (χ1v) is 18.1. The number of aliphatic hydroxyl groups excluding tert-OH is 2. The lowest BCUT2D eigenvalue weighted by atomic mass is 10.2. The van der Waals surface area contributed by atoms with E-state index >= 15 is 0 Å². The van der Waals surface area contributed by atoms with Crippen molar-refractivity contribution in [3.63, 3.8) is 0 Å². The van der Waals surface area contributed by atoms with Gasteiger partial charge in [0, 0.05) is 30.4 Å². The number of nitrogen functional groups attached to an aromatic ring is 1. The molecule has 4 rings (SSSR count). The van der Waals surface area contributed by atoms with Gasteiger partial charge in [-0.05, 0) is 23.9 Å². The Labute approximate surface area is 265 Å². The maximum atomic E-state index is 11.8. The van der Waals surface area contributed by atoms with Crippen molar-refractivity contribution >= 4 is 51.3 Å². The van der Waals surface area contributed by atoms with Crippen LogP contribution >= 0.6 is 39.4 Å². The summed E-state index contributed by atoms with van der Waals surface area (Å²) in [6, 6.07) is 1.10. The van der Waals surface area contributed by atoms with E-state index in [1.807, 2.05) is 4.98 Å². The smallest absolute Gasteiger partial charge is 0.394 e. The van der Waals surface area contributed by atoms with Gasteiger partial charge >= 0.3 is 34.8 Å². The van der Waals surface area contributed by atoms with Crippen LogP contribution in [0.25, 0.3) is 6.08 Å². The van der Waals surface area contributed by atoms with Crippen LogP contribution in [0.4, 0.5) is 5.82 Å². The lowest BCUT2D eigenvalue weighted by Crippen LogP contribution is -2.31. The van der Waals surface area contributed by atoms with Crippen LogP contribution in [0.3, 0.4) is 0 Å². The minimum absolute atomic E-state index is 0.120. The molecule has 0 amide bonds. The highest BCUT2D eigenvalue weighted by Gasteiger charge is 2.41. The number of aliphatic hydroxyl groups is 2. The topological polar surface area (TPSA) is 335 Å². The molecule has 0 bridgehead atoms. The number of rotatable bonds is 11. The number of ether oxygens (including phenoxy) is 2. The standard InChI is InChI=1S/C11H14BrN3O4.C9H15N2O13P3/c12-2-1-6-4-15(11(18)14-10(6)13)9-3-7(17)8(5-16)19-9;12-7-3-4-11(9(13)10-7)8-2-1-6(22-8)5-21-26(17,18)24-27(19,20)23-25(14,15)16/h1-2,4,7-9,16-17H,3,5H2,(H2,13,14,18);3-4,6,8H,1-2,5H2,(H,17,18)(H,19,20)(H,10,12,13)(H2,14,15,16)/b2-1+;/t7-,8+,9+;6-,8+/m00/s1. The number of H-pyrrole nitrogens is 1. The minimum atomic E-state index is -5.59. The molecular weight excluding hydrogens is 755 g/mol. The molecule has 2 fully saturated rings. The van der Waals surface area contributed by atoms with Gasteiger partial charge in [0.15, 0.2) is 0 Å². The van der Waals surface area contributed by atoms with E-state index in [1.165, 1.54) is 17.0 Å². The molecule has 0 aliphatic carbocycles. The van der Waals surface area contributed by atoms with Crippen molar-refractivity contribution < 1.29 is 66.1 Å². The lowest BCUT2D eigenvalue weighted by molar-refractivity contribution is -0.0458. The Kier molecular flexibility index (Phi) is 13.2. The number of phosphoric acid groups is 3. The maximum absolute atomic E-state index is 11.8. The first kappa shape index (κ1) is 38.3. The Morgan fingerprint density at radius 1 is 1.07 bits per heavy atom. The van der Waals surface area contributed by atoms with Gasteiger partial charge in [0.25, 0.3) is 5.56 Å². The molecular formula is C20H29BrN5O17P3. The van der Waals surface area contributed by atoms with E-state index in [0.29, 0.717) is 5.56 Å². The molecule has 2 saturated heterocycles. The molecule has 2 aliphatic heterocycles. The first-order chi connectivity index (χ1) is 21.3. The second kappa shape index (κ2) is 15.8. The summed E-state index contributed by atoms with van der Waals surface area (Å²) in [6.45, 7) is -0.915. The normalized spacial score (nSPS) is 25.9. The van der Waals surface area contributed by atoms with Gasteiger partial charge in [-0.3, -0.25) is 23.4 Å². The van der Waals surface area contributed by atoms with Crippen molar-refractivity contribution in [3.8, 4) is 0 Å². The summed E-state index contributed by atoms with van der Waals surface area (Å²) in [7, 11) is -16.3. The molecule has 2 aromatic heterocycles. The Morgan fingerprint density at radius 3 is 2.35 bits per heavy atom. The second-order valence-electron chi connectivity index (χ2n) is 9.37. The molecule has 258 valence electrons. The van der Waals surface area contributed by atoms with Crippen molar-refractivity contribution in [2.75, 3.05) is 18.9 Å². The summed E-state index contributed by atoms with van der Waals surface area (Å²) in [6.07, 6.45) is 1.36. The zero-order chi connectivity index (χ0) is 34.4. The molecule has 9 N–H and O–H groups in total. The zero-order valence-corrected chi connectivity index (χ0v) is 27.4. The number of nitrogens with two attached hydrogens (primary N) is 1. The van der Waals surface area contributed by atoms with E-state index in [4.69, 9.17) is 35.0 Å². The molecule has 2 unspecified atom stereocenters. The van der Waals surface area contributed by atoms with E-state index in [9.17, 15) is 38.1 Å². The van der Waals surface area contributed by atoms with E-state index in [0.717, 1.165) is 10.6 Å². The number of hydrogen-bond acceptors (Lipinski definition) is 15. The fourth-order valence-electron chi connectivity index (χ4n) is 4.10. The maximum Gasteiger partial charge on any atom is 0.490 e. The molecule has 2 aliphatic rings. The summed E-state index contributed by atoms with van der Waals surface area (Å²) in [5.74, 6) is 0.120. The number of phosphoric ester groups is 1. The van der Waals surface area contributed by atoms with E-state index in [2.05, 4.69) is 34.1 Å². The summed E-state index contributed by atoms with van der Waals surface area (Å²) >= 11 is 3.12. The predicted octanol–water partition coefficient (Wildman–Crippen LogP) is -0.611. The van der Waals surface area contributed by atoms with Crippen molar-refractivity contribution in [2.45, 2.75) is 50.0 Å². The average molecular weight is 784 g/mol. The minimum Gasteiger partial charge on any atom is -0.394 e.